The van der Waals surface area contributed by atoms with E-state index < -0.39 is 0 Å². The van der Waals surface area contributed by atoms with Crippen LogP contribution in [-0.2, 0) is 0 Å². The van der Waals surface area contributed by atoms with E-state index >= 15 is 0 Å². The Bertz CT molecular complexity index is 669. The molecular weight excluding hydrogens is 282 g/mol. The van der Waals surface area contributed by atoms with E-state index in [0.29, 0.717) is 41.1 Å². The van der Waals surface area contributed by atoms with E-state index in [-0.39, 0.29) is 5.91 Å². The molecule has 1 aliphatic heterocycles. The van der Waals surface area contributed by atoms with Gasteiger partial charge in [-0.25, -0.2) is 0 Å². The third-order valence-corrected chi connectivity index (χ3v) is 3.21. The van der Waals surface area contributed by atoms with Crippen molar-refractivity contribution < 1.29 is 14.3 Å². The van der Waals surface area contributed by atoms with Crippen LogP contribution in [0, 0.1) is 6.92 Å². The van der Waals surface area contributed by atoms with E-state index in [1.54, 1.807) is 18.3 Å². The molecule has 0 radical (unpaired) electrons. The highest BCUT2D eigenvalue weighted by Gasteiger charge is 2.19. The standard InChI is InChI=1S/C13H12ClN3O3/c1-7-6-15-17-12(7)16-13(18)8-4-9(14)11-10(5-8)19-2-3-20-11/h4-6H,2-3H2,1H3,(H2,15,16,17,18). The van der Waals surface area contributed by atoms with Gasteiger partial charge in [-0.15, -0.1) is 0 Å². The van der Waals surface area contributed by atoms with Gasteiger partial charge in [-0.1, -0.05) is 11.6 Å². The highest BCUT2D eigenvalue weighted by Crippen LogP contribution is 2.38. The molecule has 0 spiro atoms. The lowest BCUT2D eigenvalue weighted by atomic mass is 10.1. The predicted octanol–water partition coefficient (Wildman–Crippen LogP) is 2.40. The lowest BCUT2D eigenvalue weighted by Gasteiger charge is -2.20. The molecule has 0 unspecified atom stereocenters. The van der Waals surface area contributed by atoms with Crippen LogP contribution in [0.15, 0.2) is 18.3 Å². The maximum Gasteiger partial charge on any atom is 0.257 e. The van der Waals surface area contributed by atoms with E-state index in [1.807, 2.05) is 6.92 Å². The minimum absolute atomic E-state index is 0.295. The van der Waals surface area contributed by atoms with Gasteiger partial charge in [0.1, 0.15) is 19.0 Å². The minimum atomic E-state index is -0.295. The van der Waals surface area contributed by atoms with Crippen LogP contribution in [0.1, 0.15) is 15.9 Å². The molecule has 0 atom stereocenters. The Kier molecular flexibility index (Phi) is 3.23. The first-order valence-electron chi connectivity index (χ1n) is 6.05. The molecule has 104 valence electrons. The minimum Gasteiger partial charge on any atom is -0.486 e. The second-order valence-corrected chi connectivity index (χ2v) is 4.77. The van der Waals surface area contributed by atoms with Crippen molar-refractivity contribution in [1.29, 1.82) is 0 Å². The fraction of sp³-hybridized carbons (Fsp3) is 0.231. The zero-order chi connectivity index (χ0) is 14.1. The fourth-order valence-electron chi connectivity index (χ4n) is 1.90. The number of aryl methyl sites for hydroxylation is 1. The lowest BCUT2D eigenvalue weighted by molar-refractivity contribution is 0.102. The summed E-state index contributed by atoms with van der Waals surface area (Å²) in [6.45, 7) is 2.73. The summed E-state index contributed by atoms with van der Waals surface area (Å²) in [5.41, 5.74) is 1.25. The summed E-state index contributed by atoms with van der Waals surface area (Å²) < 4.78 is 10.9. The fourth-order valence-corrected chi connectivity index (χ4v) is 2.17. The molecule has 0 bridgehead atoms. The second-order valence-electron chi connectivity index (χ2n) is 4.36. The van der Waals surface area contributed by atoms with Crippen molar-refractivity contribution in [3.8, 4) is 11.5 Å². The van der Waals surface area contributed by atoms with E-state index in [9.17, 15) is 4.79 Å². The van der Waals surface area contributed by atoms with Crippen LogP contribution in [0.25, 0.3) is 0 Å². The number of carbonyl (C=O) groups excluding carboxylic acids is 1. The van der Waals surface area contributed by atoms with Crippen LogP contribution in [0.4, 0.5) is 5.82 Å². The van der Waals surface area contributed by atoms with Crippen molar-refractivity contribution in [2.24, 2.45) is 0 Å². The van der Waals surface area contributed by atoms with Crippen LogP contribution in [0.5, 0.6) is 11.5 Å². The molecular formula is C13H12ClN3O3. The maximum absolute atomic E-state index is 12.2. The molecule has 3 rings (SSSR count). The summed E-state index contributed by atoms with van der Waals surface area (Å²) in [4.78, 5) is 12.2. The average Bonchev–Trinajstić information content (AvgIpc) is 2.84. The Hall–Kier alpha value is -2.21. The number of aromatic nitrogens is 2. The van der Waals surface area contributed by atoms with Gasteiger partial charge < -0.3 is 14.8 Å². The number of anilines is 1. The summed E-state index contributed by atoms with van der Waals surface area (Å²) in [5.74, 6) is 1.22. The van der Waals surface area contributed by atoms with E-state index in [1.165, 1.54) is 0 Å². The number of amides is 1. The van der Waals surface area contributed by atoms with Gasteiger partial charge in [0.05, 0.1) is 11.2 Å². The molecule has 1 aromatic carbocycles. The van der Waals surface area contributed by atoms with E-state index in [0.717, 1.165) is 5.56 Å². The molecule has 2 N–H and O–H groups in total. The summed E-state index contributed by atoms with van der Waals surface area (Å²) >= 11 is 6.10. The molecule has 6 nitrogen and oxygen atoms in total. The van der Waals surface area contributed by atoms with Crippen molar-refractivity contribution >= 4 is 23.3 Å². The van der Waals surface area contributed by atoms with Crippen LogP contribution < -0.4 is 14.8 Å². The number of rotatable bonds is 2. The van der Waals surface area contributed by atoms with Crippen LogP contribution >= 0.6 is 11.6 Å². The first-order valence-corrected chi connectivity index (χ1v) is 6.43. The highest BCUT2D eigenvalue weighted by molar-refractivity contribution is 6.32. The van der Waals surface area contributed by atoms with Gasteiger partial charge >= 0.3 is 0 Å². The number of halogens is 1. The van der Waals surface area contributed by atoms with Gasteiger partial charge in [0.25, 0.3) is 5.91 Å². The lowest BCUT2D eigenvalue weighted by Crippen LogP contribution is -2.18. The van der Waals surface area contributed by atoms with Crippen molar-refractivity contribution in [3.63, 3.8) is 0 Å². The Morgan fingerprint density at radius 3 is 2.95 bits per heavy atom. The average molecular weight is 294 g/mol. The highest BCUT2D eigenvalue weighted by atomic mass is 35.5. The van der Waals surface area contributed by atoms with Gasteiger partial charge in [0.2, 0.25) is 0 Å². The van der Waals surface area contributed by atoms with Crippen molar-refractivity contribution in [2.45, 2.75) is 6.92 Å². The van der Waals surface area contributed by atoms with Gasteiger partial charge in [-0.2, -0.15) is 5.10 Å². The number of carbonyl (C=O) groups is 1. The molecule has 2 heterocycles. The predicted molar refractivity (Wildman–Crippen MR) is 73.7 cm³/mol. The molecule has 1 amide bonds. The molecule has 0 fully saturated rings. The number of ether oxygens (including phenoxy) is 2. The normalized spacial score (nSPS) is 13.1. The van der Waals surface area contributed by atoms with Crippen molar-refractivity contribution in [3.05, 3.63) is 34.5 Å². The molecule has 1 aliphatic rings. The zero-order valence-electron chi connectivity index (χ0n) is 10.7. The third-order valence-electron chi connectivity index (χ3n) is 2.93. The number of H-pyrrole nitrogens is 1. The van der Waals surface area contributed by atoms with Crippen LogP contribution in [0.2, 0.25) is 5.02 Å². The Morgan fingerprint density at radius 2 is 2.20 bits per heavy atom. The van der Waals surface area contributed by atoms with Crippen LogP contribution in [-0.4, -0.2) is 29.3 Å². The Labute approximate surface area is 120 Å². The van der Waals surface area contributed by atoms with Crippen molar-refractivity contribution in [1.82, 2.24) is 10.2 Å². The number of fused-ring (bicyclic) bond motifs is 1. The van der Waals surface area contributed by atoms with Crippen LogP contribution in [0.3, 0.4) is 0 Å². The molecule has 20 heavy (non-hydrogen) atoms. The number of hydrogen-bond acceptors (Lipinski definition) is 4. The number of benzene rings is 1. The van der Waals surface area contributed by atoms with E-state index in [2.05, 4.69) is 15.5 Å². The first kappa shape index (κ1) is 12.8. The van der Waals surface area contributed by atoms with Gasteiger partial charge in [0.15, 0.2) is 11.5 Å². The van der Waals surface area contributed by atoms with Gasteiger partial charge in [-0.05, 0) is 19.1 Å². The Balaban J connectivity index is 1.88. The maximum atomic E-state index is 12.2. The number of nitrogens with zero attached hydrogens (tertiary/aromatic N) is 1. The quantitative estimate of drug-likeness (QED) is 0.891. The van der Waals surface area contributed by atoms with Gasteiger partial charge in [-0.3, -0.25) is 9.89 Å². The second kappa shape index (κ2) is 5.05. The van der Waals surface area contributed by atoms with E-state index in [4.69, 9.17) is 21.1 Å². The van der Waals surface area contributed by atoms with Gasteiger partial charge in [0, 0.05) is 11.1 Å². The molecule has 0 saturated heterocycles. The first-order chi connectivity index (χ1) is 9.65. The molecule has 0 aliphatic carbocycles. The summed E-state index contributed by atoms with van der Waals surface area (Å²) in [7, 11) is 0. The number of aromatic amines is 1. The third kappa shape index (κ3) is 2.30. The molecule has 2 aromatic rings. The topological polar surface area (TPSA) is 76.2 Å². The summed E-state index contributed by atoms with van der Waals surface area (Å²) in [5, 5.41) is 9.64. The number of nitrogens with one attached hydrogen (secondary N) is 2. The zero-order valence-corrected chi connectivity index (χ0v) is 11.5. The SMILES string of the molecule is Cc1cn[nH]c1NC(=O)c1cc(Cl)c2c(c1)OCCO2. The monoisotopic (exact) mass is 293 g/mol. The summed E-state index contributed by atoms with van der Waals surface area (Å²) in [6, 6.07) is 3.16. The molecule has 1 aromatic heterocycles. The smallest absolute Gasteiger partial charge is 0.257 e. The Morgan fingerprint density at radius 1 is 1.40 bits per heavy atom. The number of hydrogen-bond donors (Lipinski definition) is 2. The molecule has 7 heteroatoms. The van der Waals surface area contributed by atoms with Crippen molar-refractivity contribution in [2.75, 3.05) is 18.5 Å². The largest absolute Gasteiger partial charge is 0.486 e. The summed E-state index contributed by atoms with van der Waals surface area (Å²) in [6.07, 6.45) is 1.63. The molecule has 0 saturated carbocycles.